The van der Waals surface area contributed by atoms with Crippen LogP contribution in [0.15, 0.2) is 36.8 Å². The van der Waals surface area contributed by atoms with E-state index >= 15 is 0 Å². The van der Waals surface area contributed by atoms with E-state index in [0.29, 0.717) is 12.1 Å². The topological polar surface area (TPSA) is 53.6 Å². The third kappa shape index (κ3) is 2.69. The molecule has 1 aromatic heterocycles. The fourth-order valence-electron chi connectivity index (χ4n) is 1.86. The average Bonchev–Trinajstić information content (AvgIpc) is 2.84. The molecule has 0 aliphatic heterocycles. The highest BCUT2D eigenvalue weighted by Crippen LogP contribution is 2.14. The molecule has 18 heavy (non-hydrogen) atoms. The van der Waals surface area contributed by atoms with Crippen molar-refractivity contribution in [2.75, 3.05) is 5.32 Å². The van der Waals surface area contributed by atoms with Crippen molar-refractivity contribution in [3.05, 3.63) is 48.0 Å². The van der Waals surface area contributed by atoms with E-state index in [2.05, 4.69) is 27.9 Å². The van der Waals surface area contributed by atoms with Crippen molar-refractivity contribution in [1.29, 1.82) is 5.26 Å². The van der Waals surface area contributed by atoms with Gasteiger partial charge in [0, 0.05) is 12.7 Å². The lowest BCUT2D eigenvalue weighted by molar-refractivity contribution is 0.651. The summed E-state index contributed by atoms with van der Waals surface area (Å²) in [6.07, 6.45) is 4.78. The number of aromatic nitrogens is 2. The standard InChI is InChI=1S/C14H16N4/c1-2-7-18-11-16-9-13(18)10-17-14-6-4-3-5-12(14)8-15/h3-6,9,11,17H,2,7,10H2,1H3. The number of rotatable bonds is 5. The molecule has 0 radical (unpaired) electrons. The molecule has 0 amide bonds. The fraction of sp³-hybridized carbons (Fsp3) is 0.286. The van der Waals surface area contributed by atoms with Crippen LogP contribution in [0.2, 0.25) is 0 Å². The third-order valence-electron chi connectivity index (χ3n) is 2.77. The van der Waals surface area contributed by atoms with E-state index in [1.807, 2.05) is 36.8 Å². The van der Waals surface area contributed by atoms with E-state index in [0.717, 1.165) is 24.3 Å². The van der Waals surface area contributed by atoms with Crippen molar-refractivity contribution in [2.45, 2.75) is 26.4 Å². The van der Waals surface area contributed by atoms with Crippen LogP contribution in [0.1, 0.15) is 24.6 Å². The minimum atomic E-state index is 0.666. The third-order valence-corrected chi connectivity index (χ3v) is 2.77. The summed E-state index contributed by atoms with van der Waals surface area (Å²) in [6.45, 7) is 3.79. The van der Waals surface area contributed by atoms with Crippen molar-refractivity contribution >= 4 is 5.69 Å². The molecule has 0 bridgehead atoms. The van der Waals surface area contributed by atoms with Crippen LogP contribution in [0.4, 0.5) is 5.69 Å². The van der Waals surface area contributed by atoms with Crippen molar-refractivity contribution < 1.29 is 0 Å². The Labute approximate surface area is 107 Å². The van der Waals surface area contributed by atoms with E-state index in [9.17, 15) is 0 Å². The number of hydrogen-bond donors (Lipinski definition) is 1. The molecular formula is C14H16N4. The van der Waals surface area contributed by atoms with Gasteiger partial charge in [0.05, 0.1) is 29.8 Å². The highest BCUT2D eigenvalue weighted by atomic mass is 15.1. The van der Waals surface area contributed by atoms with Gasteiger partial charge in [-0.05, 0) is 18.6 Å². The first-order chi connectivity index (χ1) is 8.85. The highest BCUT2D eigenvalue weighted by molar-refractivity contribution is 5.57. The molecule has 0 saturated carbocycles. The van der Waals surface area contributed by atoms with Crippen LogP contribution in [0.25, 0.3) is 0 Å². The SMILES string of the molecule is CCCn1cncc1CNc1ccccc1C#N. The number of para-hydroxylation sites is 1. The summed E-state index contributed by atoms with van der Waals surface area (Å²) in [5, 5.41) is 12.3. The van der Waals surface area contributed by atoms with Gasteiger partial charge in [-0.1, -0.05) is 19.1 Å². The second-order valence-electron chi connectivity index (χ2n) is 4.09. The van der Waals surface area contributed by atoms with Gasteiger partial charge in [0.2, 0.25) is 0 Å². The molecule has 0 atom stereocenters. The number of nitrogens with one attached hydrogen (secondary N) is 1. The van der Waals surface area contributed by atoms with Gasteiger partial charge in [-0.2, -0.15) is 5.26 Å². The van der Waals surface area contributed by atoms with Crippen LogP contribution < -0.4 is 5.32 Å². The van der Waals surface area contributed by atoms with E-state index in [4.69, 9.17) is 5.26 Å². The Morgan fingerprint density at radius 2 is 2.22 bits per heavy atom. The van der Waals surface area contributed by atoms with Crippen molar-refractivity contribution in [2.24, 2.45) is 0 Å². The summed E-state index contributed by atoms with van der Waals surface area (Å²) >= 11 is 0. The van der Waals surface area contributed by atoms with Gasteiger partial charge in [0.1, 0.15) is 6.07 Å². The Kier molecular flexibility index (Phi) is 3.98. The zero-order valence-corrected chi connectivity index (χ0v) is 10.4. The average molecular weight is 240 g/mol. The summed E-state index contributed by atoms with van der Waals surface area (Å²) in [4.78, 5) is 4.15. The summed E-state index contributed by atoms with van der Waals surface area (Å²) in [7, 11) is 0. The van der Waals surface area contributed by atoms with Gasteiger partial charge in [-0.15, -0.1) is 0 Å². The molecule has 1 heterocycles. The number of nitrogens with zero attached hydrogens (tertiary/aromatic N) is 3. The molecular weight excluding hydrogens is 224 g/mol. The maximum absolute atomic E-state index is 9.01. The quantitative estimate of drug-likeness (QED) is 0.874. The Morgan fingerprint density at radius 1 is 1.39 bits per heavy atom. The van der Waals surface area contributed by atoms with E-state index < -0.39 is 0 Å². The molecule has 2 rings (SSSR count). The van der Waals surface area contributed by atoms with Crippen molar-refractivity contribution in [3.8, 4) is 6.07 Å². The molecule has 4 heteroatoms. The Balaban J connectivity index is 2.07. The molecule has 92 valence electrons. The first kappa shape index (κ1) is 12.2. The number of benzene rings is 1. The lowest BCUT2D eigenvalue weighted by Crippen LogP contribution is -2.07. The van der Waals surface area contributed by atoms with Crippen molar-refractivity contribution in [1.82, 2.24) is 9.55 Å². The molecule has 2 aromatic rings. The Bertz CT molecular complexity index is 551. The first-order valence-electron chi connectivity index (χ1n) is 6.07. The molecule has 4 nitrogen and oxygen atoms in total. The maximum Gasteiger partial charge on any atom is 0.101 e. The molecule has 0 spiro atoms. The minimum absolute atomic E-state index is 0.666. The number of aryl methyl sites for hydroxylation is 1. The van der Waals surface area contributed by atoms with Gasteiger partial charge in [0.25, 0.3) is 0 Å². The first-order valence-corrected chi connectivity index (χ1v) is 6.07. The number of hydrogen-bond acceptors (Lipinski definition) is 3. The monoisotopic (exact) mass is 240 g/mol. The van der Waals surface area contributed by atoms with Crippen LogP contribution in [0.3, 0.4) is 0 Å². The molecule has 0 unspecified atom stereocenters. The van der Waals surface area contributed by atoms with Crippen molar-refractivity contribution in [3.63, 3.8) is 0 Å². The molecule has 0 saturated heterocycles. The van der Waals surface area contributed by atoms with Crippen LogP contribution in [0.5, 0.6) is 0 Å². The second kappa shape index (κ2) is 5.87. The van der Waals surface area contributed by atoms with E-state index in [1.165, 1.54) is 0 Å². The zero-order chi connectivity index (χ0) is 12.8. The van der Waals surface area contributed by atoms with Crippen LogP contribution >= 0.6 is 0 Å². The maximum atomic E-state index is 9.01. The summed E-state index contributed by atoms with van der Waals surface area (Å²) in [5.74, 6) is 0. The van der Waals surface area contributed by atoms with Crippen LogP contribution in [0, 0.1) is 11.3 Å². The molecule has 0 fully saturated rings. The smallest absolute Gasteiger partial charge is 0.101 e. The molecule has 1 N–H and O–H groups in total. The van der Waals surface area contributed by atoms with E-state index in [1.54, 1.807) is 0 Å². The second-order valence-corrected chi connectivity index (χ2v) is 4.09. The Hall–Kier alpha value is -2.28. The van der Waals surface area contributed by atoms with Crippen LogP contribution in [-0.2, 0) is 13.1 Å². The molecule has 0 aliphatic carbocycles. The van der Waals surface area contributed by atoms with E-state index in [-0.39, 0.29) is 0 Å². The number of imidazole rings is 1. The minimum Gasteiger partial charge on any atom is -0.378 e. The summed E-state index contributed by atoms with van der Waals surface area (Å²) in [6, 6.07) is 9.70. The van der Waals surface area contributed by atoms with Gasteiger partial charge in [0.15, 0.2) is 0 Å². The van der Waals surface area contributed by atoms with Gasteiger partial charge < -0.3 is 9.88 Å². The van der Waals surface area contributed by atoms with Gasteiger partial charge in [-0.3, -0.25) is 0 Å². The van der Waals surface area contributed by atoms with Gasteiger partial charge >= 0.3 is 0 Å². The molecule has 0 aliphatic rings. The lowest BCUT2D eigenvalue weighted by Gasteiger charge is -2.10. The lowest BCUT2D eigenvalue weighted by atomic mass is 10.2. The summed E-state index contributed by atoms with van der Waals surface area (Å²) in [5.41, 5.74) is 2.66. The fourth-order valence-corrected chi connectivity index (χ4v) is 1.86. The Morgan fingerprint density at radius 3 is 3.00 bits per heavy atom. The summed E-state index contributed by atoms with van der Waals surface area (Å²) < 4.78 is 2.13. The largest absolute Gasteiger partial charge is 0.378 e. The number of nitriles is 1. The predicted molar refractivity (Wildman–Crippen MR) is 71.0 cm³/mol. The normalized spacial score (nSPS) is 10.0. The predicted octanol–water partition coefficient (Wildman–Crippen LogP) is 2.78. The van der Waals surface area contributed by atoms with Gasteiger partial charge in [-0.25, -0.2) is 4.98 Å². The van der Waals surface area contributed by atoms with Crippen LogP contribution in [-0.4, -0.2) is 9.55 Å². The number of anilines is 1. The zero-order valence-electron chi connectivity index (χ0n) is 10.4. The molecule has 1 aromatic carbocycles. The highest BCUT2D eigenvalue weighted by Gasteiger charge is 2.03.